The Kier molecular flexibility index (Phi) is 10.1. The van der Waals surface area contributed by atoms with Crippen molar-refractivity contribution in [1.29, 1.82) is 0 Å². The topological polar surface area (TPSA) is 224 Å². The zero-order valence-electron chi connectivity index (χ0n) is 17.4. The molecule has 0 spiro atoms. The quantitative estimate of drug-likeness (QED) is 0.242. The van der Waals surface area contributed by atoms with Crippen molar-refractivity contribution in [3.05, 3.63) is 97.1 Å². The summed E-state index contributed by atoms with van der Waals surface area (Å²) in [6, 6.07) is 17.5. The molecular weight excluding hydrogens is 495 g/mol. The molecule has 0 atom stereocenters. The van der Waals surface area contributed by atoms with Gasteiger partial charge in [-0.25, -0.2) is 46.4 Å². The Bertz CT molecular complexity index is 978. The summed E-state index contributed by atoms with van der Waals surface area (Å²) in [5, 5.41) is 0. The summed E-state index contributed by atoms with van der Waals surface area (Å²) in [5.41, 5.74) is 5.09. The molecule has 0 aliphatic rings. The van der Waals surface area contributed by atoms with Gasteiger partial charge in [-0.3, -0.25) is 9.97 Å². The normalized spacial score (nSPS) is 11.2. The number of aromatic nitrogens is 4. The Hall–Kier alpha value is -2.88. The van der Waals surface area contributed by atoms with Crippen molar-refractivity contribution in [2.75, 3.05) is 0 Å². The Labute approximate surface area is 198 Å². The summed E-state index contributed by atoms with van der Waals surface area (Å²) in [7, 11) is -9.89. The fraction of sp³-hybridized carbons (Fsp3) is 0.100. The van der Waals surface area contributed by atoms with Crippen molar-refractivity contribution >= 4 is 0 Å². The van der Waals surface area contributed by atoms with Gasteiger partial charge in [-0.15, -0.1) is 20.5 Å². The molecule has 0 radical (unpaired) electrons. The van der Waals surface area contributed by atoms with Crippen LogP contribution in [-0.2, 0) is 13.1 Å². The number of benzene rings is 2. The molecule has 0 aliphatic carbocycles. The second kappa shape index (κ2) is 12.5. The van der Waals surface area contributed by atoms with E-state index in [1.165, 1.54) is 22.3 Å². The third-order valence-corrected chi connectivity index (χ3v) is 4.18. The number of hydrogen-bond donors (Lipinski definition) is 2. The number of halogens is 2. The first-order valence-corrected chi connectivity index (χ1v) is 11.8. The van der Waals surface area contributed by atoms with Crippen molar-refractivity contribution in [2.24, 2.45) is 0 Å². The van der Waals surface area contributed by atoms with E-state index in [2.05, 4.69) is 67.6 Å². The predicted octanol–water partition coefficient (Wildman–Crippen LogP) is -6.83. The van der Waals surface area contributed by atoms with Crippen LogP contribution in [0.2, 0.25) is 0 Å². The molecular formula is C20H20Cl2N4O8. The monoisotopic (exact) mass is 514 g/mol. The summed E-state index contributed by atoms with van der Waals surface area (Å²) in [6.07, 6.45) is 11.9. The van der Waals surface area contributed by atoms with Crippen LogP contribution in [0.5, 0.6) is 0 Å². The van der Waals surface area contributed by atoms with Gasteiger partial charge in [0, 0.05) is 0 Å². The molecule has 0 saturated carbocycles. The van der Waals surface area contributed by atoms with Crippen LogP contribution in [0.3, 0.4) is 0 Å². The van der Waals surface area contributed by atoms with E-state index in [9.17, 15) is 0 Å². The maximum atomic E-state index is 8.49. The zero-order chi connectivity index (χ0) is 25.2. The van der Waals surface area contributed by atoms with Crippen LogP contribution in [-0.4, -0.2) is 9.97 Å². The molecule has 2 aromatic heterocycles. The molecule has 182 valence electrons. The van der Waals surface area contributed by atoms with Crippen LogP contribution >= 0.6 is 0 Å². The van der Waals surface area contributed by atoms with Gasteiger partial charge in [-0.05, 0) is 22.3 Å². The highest BCUT2D eigenvalue weighted by molar-refractivity contribution is 5.63. The minimum Gasteiger partial charge on any atom is -0.250 e. The van der Waals surface area contributed by atoms with Gasteiger partial charge < -0.3 is 0 Å². The Morgan fingerprint density at radius 3 is 1.06 bits per heavy atom. The molecule has 12 nitrogen and oxygen atoms in total. The summed E-state index contributed by atoms with van der Waals surface area (Å²) < 4.78 is 72.2. The van der Waals surface area contributed by atoms with Crippen LogP contribution in [0.25, 0.3) is 11.1 Å². The first-order valence-electron chi connectivity index (χ1n) is 9.32. The largest absolute Gasteiger partial charge is 0.250 e. The molecule has 2 aromatic carbocycles. The van der Waals surface area contributed by atoms with Crippen LogP contribution in [0.4, 0.5) is 0 Å². The lowest BCUT2D eigenvalue weighted by atomic mass is 10.0. The lowest BCUT2D eigenvalue weighted by Gasteiger charge is -2.17. The number of nitrogens with one attached hydrogen (secondary N) is 2. The van der Waals surface area contributed by atoms with Crippen LogP contribution < -0.4 is 46.4 Å². The number of imidazole rings is 2. The summed E-state index contributed by atoms with van der Waals surface area (Å²) >= 11 is 0. The maximum Gasteiger partial charge on any atom is 0.241 e. The van der Waals surface area contributed by atoms with Crippen molar-refractivity contribution in [3.63, 3.8) is 0 Å². The Balaban J connectivity index is 0.000000347. The third kappa shape index (κ3) is 12.4. The van der Waals surface area contributed by atoms with Gasteiger partial charge in [0.2, 0.25) is 12.7 Å². The van der Waals surface area contributed by atoms with Gasteiger partial charge in [-0.1, -0.05) is 48.5 Å². The molecule has 2 heterocycles. The number of H-pyrrole nitrogens is 2. The SMILES string of the molecule is [O-][Cl+3]([O-])([O-])[O-].[O-][Cl+3]([O-])([O-])[O-].c1c[n+](Cc2ccc(-c3ccc(C[n+]4cc[nH]c4)cc3)cc2)c[nH]1. The second-order valence-electron chi connectivity index (χ2n) is 6.72. The molecule has 2 N–H and O–H groups in total. The van der Waals surface area contributed by atoms with Gasteiger partial charge in [0.25, 0.3) is 0 Å². The van der Waals surface area contributed by atoms with E-state index in [-0.39, 0.29) is 0 Å². The van der Waals surface area contributed by atoms with E-state index in [0.717, 1.165) is 13.1 Å². The van der Waals surface area contributed by atoms with E-state index in [0.29, 0.717) is 0 Å². The zero-order valence-corrected chi connectivity index (χ0v) is 18.9. The molecule has 0 unspecified atom stereocenters. The molecule has 4 aromatic rings. The van der Waals surface area contributed by atoms with Gasteiger partial charge in [0.05, 0.1) is 0 Å². The van der Waals surface area contributed by atoms with Gasteiger partial charge in [0.1, 0.15) is 37.9 Å². The number of hydrogen-bond acceptors (Lipinski definition) is 8. The van der Waals surface area contributed by atoms with Crippen molar-refractivity contribution in [2.45, 2.75) is 13.1 Å². The number of aromatic amines is 2. The van der Waals surface area contributed by atoms with Crippen LogP contribution in [0.1, 0.15) is 11.1 Å². The fourth-order valence-corrected chi connectivity index (χ4v) is 2.86. The highest BCUT2D eigenvalue weighted by Gasteiger charge is 2.03. The first kappa shape index (κ1) is 27.4. The smallest absolute Gasteiger partial charge is 0.241 e. The summed E-state index contributed by atoms with van der Waals surface area (Å²) in [5.74, 6) is 0. The lowest BCUT2D eigenvalue weighted by Crippen LogP contribution is -2.68. The molecule has 0 bridgehead atoms. The van der Waals surface area contributed by atoms with Crippen molar-refractivity contribution in [1.82, 2.24) is 9.97 Å². The van der Waals surface area contributed by atoms with E-state index in [4.69, 9.17) is 37.3 Å². The Morgan fingerprint density at radius 1 is 0.529 bits per heavy atom. The van der Waals surface area contributed by atoms with Gasteiger partial charge in [-0.2, -0.15) is 0 Å². The van der Waals surface area contributed by atoms with Crippen LogP contribution in [0.15, 0.2) is 86.0 Å². The minimum atomic E-state index is -4.94. The Morgan fingerprint density at radius 2 is 0.824 bits per heavy atom. The minimum absolute atomic E-state index is 0.886. The standard InChI is InChI=1S/C20H18N4.2ClHO4/c1-5-19(6-2-17(1)13-23-11-9-21-15-23)20-7-3-18(4-8-20)14-24-12-10-22-16-24;2*2-1(3,4)5/h1-12,15-16H,13-14H2;2*(H,2,3,4,5). The average molecular weight is 515 g/mol. The van der Waals surface area contributed by atoms with E-state index in [1.54, 1.807) is 0 Å². The first-order chi connectivity index (χ1) is 15.9. The molecule has 0 aliphatic heterocycles. The van der Waals surface area contributed by atoms with Crippen molar-refractivity contribution in [3.8, 4) is 11.1 Å². The predicted molar refractivity (Wildman–Crippen MR) is 92.1 cm³/mol. The van der Waals surface area contributed by atoms with Crippen LogP contribution in [0, 0.1) is 20.5 Å². The number of rotatable bonds is 5. The molecule has 4 rings (SSSR count). The highest BCUT2D eigenvalue weighted by atomic mass is 35.7. The molecule has 14 heteroatoms. The van der Waals surface area contributed by atoms with Crippen molar-refractivity contribution < 1.29 is 66.9 Å². The molecule has 0 fully saturated rings. The van der Waals surface area contributed by atoms with Gasteiger partial charge in [0.15, 0.2) is 0 Å². The van der Waals surface area contributed by atoms with E-state index >= 15 is 0 Å². The molecule has 0 saturated heterocycles. The molecule has 0 amide bonds. The number of nitrogens with zero attached hydrogens (tertiary/aromatic N) is 2. The fourth-order valence-electron chi connectivity index (χ4n) is 2.86. The summed E-state index contributed by atoms with van der Waals surface area (Å²) in [6.45, 7) is 1.77. The maximum absolute atomic E-state index is 8.49. The van der Waals surface area contributed by atoms with E-state index < -0.39 is 20.5 Å². The van der Waals surface area contributed by atoms with E-state index in [1.807, 2.05) is 37.4 Å². The summed E-state index contributed by atoms with van der Waals surface area (Å²) in [4.78, 5) is 6.13. The lowest BCUT2D eigenvalue weighted by molar-refractivity contribution is -2.00. The molecule has 34 heavy (non-hydrogen) atoms. The van der Waals surface area contributed by atoms with Gasteiger partial charge >= 0.3 is 0 Å². The second-order valence-corrected chi connectivity index (χ2v) is 8.23. The average Bonchev–Trinajstić information content (AvgIpc) is 3.41. The third-order valence-electron chi connectivity index (χ3n) is 4.18. The highest BCUT2D eigenvalue weighted by Crippen LogP contribution is 2.20.